The number of morpholine rings is 1. The van der Waals surface area contributed by atoms with E-state index in [1.807, 2.05) is 50.2 Å². The van der Waals surface area contributed by atoms with Crippen molar-refractivity contribution in [3.8, 4) is 5.75 Å². The molecule has 2 amide bonds. The molecular weight excluding hydrogens is 346 g/mol. The Hall–Kier alpha value is -2.51. The number of ether oxygens (including phenoxy) is 2. The average molecular weight is 373 g/mol. The Morgan fingerprint density at radius 3 is 2.56 bits per heavy atom. The van der Waals surface area contributed by atoms with E-state index in [2.05, 4.69) is 15.5 Å². The Balaban J connectivity index is 1.58. The van der Waals surface area contributed by atoms with Crippen LogP contribution in [-0.2, 0) is 4.74 Å². The van der Waals surface area contributed by atoms with Gasteiger partial charge in [0.1, 0.15) is 17.3 Å². The summed E-state index contributed by atoms with van der Waals surface area (Å²) in [6.45, 7) is 7.93. The highest BCUT2D eigenvalue weighted by atomic mass is 16.5. The Morgan fingerprint density at radius 2 is 1.93 bits per heavy atom. The van der Waals surface area contributed by atoms with Gasteiger partial charge >= 0.3 is 6.03 Å². The van der Waals surface area contributed by atoms with Gasteiger partial charge in [0.05, 0.1) is 25.9 Å². The molecule has 2 heterocycles. The molecule has 1 aliphatic heterocycles. The zero-order valence-electron chi connectivity index (χ0n) is 15.9. The van der Waals surface area contributed by atoms with E-state index in [9.17, 15) is 4.79 Å². The zero-order valence-corrected chi connectivity index (χ0v) is 15.9. The lowest BCUT2D eigenvalue weighted by atomic mass is 10.1. The van der Waals surface area contributed by atoms with Gasteiger partial charge in [-0.05, 0) is 50.2 Å². The molecule has 1 aliphatic rings. The molecule has 0 aliphatic carbocycles. The highest BCUT2D eigenvalue weighted by molar-refractivity contribution is 5.89. The largest absolute Gasteiger partial charge is 0.494 e. The molecule has 2 aromatic rings. The third-order valence-corrected chi connectivity index (χ3v) is 4.46. The van der Waals surface area contributed by atoms with Crippen LogP contribution >= 0.6 is 0 Å². The fourth-order valence-corrected chi connectivity index (χ4v) is 3.10. The fraction of sp³-hybridized carbons (Fsp3) is 0.450. The van der Waals surface area contributed by atoms with Crippen LogP contribution in [0.25, 0.3) is 0 Å². The van der Waals surface area contributed by atoms with Crippen LogP contribution in [0.2, 0.25) is 0 Å². The number of furan rings is 1. The molecule has 1 atom stereocenters. The Bertz CT molecular complexity index is 723. The summed E-state index contributed by atoms with van der Waals surface area (Å²) in [5.74, 6) is 2.50. The van der Waals surface area contributed by atoms with Crippen LogP contribution in [0.4, 0.5) is 10.5 Å². The van der Waals surface area contributed by atoms with Gasteiger partial charge in [0, 0.05) is 25.3 Å². The van der Waals surface area contributed by atoms with Crippen molar-refractivity contribution in [1.29, 1.82) is 0 Å². The molecule has 1 fully saturated rings. The van der Waals surface area contributed by atoms with Gasteiger partial charge in [-0.1, -0.05) is 0 Å². The number of carbonyl (C=O) groups excluding carboxylic acids is 1. The fourth-order valence-electron chi connectivity index (χ4n) is 3.10. The first-order valence-electron chi connectivity index (χ1n) is 9.31. The van der Waals surface area contributed by atoms with E-state index in [4.69, 9.17) is 13.9 Å². The van der Waals surface area contributed by atoms with Crippen molar-refractivity contribution in [1.82, 2.24) is 10.2 Å². The van der Waals surface area contributed by atoms with Crippen LogP contribution in [0.3, 0.4) is 0 Å². The minimum Gasteiger partial charge on any atom is -0.494 e. The maximum atomic E-state index is 12.3. The van der Waals surface area contributed by atoms with Gasteiger partial charge in [-0.2, -0.15) is 0 Å². The van der Waals surface area contributed by atoms with Crippen molar-refractivity contribution >= 4 is 11.7 Å². The van der Waals surface area contributed by atoms with Crippen LogP contribution in [0, 0.1) is 6.92 Å². The third kappa shape index (κ3) is 5.48. The smallest absolute Gasteiger partial charge is 0.319 e. The zero-order chi connectivity index (χ0) is 19.1. The maximum Gasteiger partial charge on any atom is 0.319 e. The number of benzene rings is 1. The summed E-state index contributed by atoms with van der Waals surface area (Å²) in [7, 11) is 0. The number of nitrogens with zero attached hydrogens (tertiary/aromatic N) is 1. The van der Waals surface area contributed by atoms with Gasteiger partial charge in [-0.25, -0.2) is 4.79 Å². The average Bonchev–Trinajstić information content (AvgIpc) is 3.11. The minimum absolute atomic E-state index is 0.0197. The van der Waals surface area contributed by atoms with Crippen molar-refractivity contribution in [2.75, 3.05) is 44.8 Å². The molecule has 1 unspecified atom stereocenters. The first kappa shape index (κ1) is 19.3. The van der Waals surface area contributed by atoms with Crippen LogP contribution in [0.5, 0.6) is 5.75 Å². The van der Waals surface area contributed by atoms with Crippen LogP contribution in [-0.4, -0.2) is 50.4 Å². The number of anilines is 1. The molecule has 1 aromatic heterocycles. The van der Waals surface area contributed by atoms with Crippen LogP contribution in [0.15, 0.2) is 40.8 Å². The molecule has 146 valence electrons. The predicted molar refractivity (Wildman–Crippen MR) is 103 cm³/mol. The topological polar surface area (TPSA) is 76.0 Å². The number of nitrogens with one attached hydrogen (secondary N) is 2. The van der Waals surface area contributed by atoms with Gasteiger partial charge in [0.2, 0.25) is 0 Å². The van der Waals surface area contributed by atoms with Crippen molar-refractivity contribution in [2.45, 2.75) is 19.9 Å². The van der Waals surface area contributed by atoms with E-state index in [0.717, 1.165) is 30.4 Å². The lowest BCUT2D eigenvalue weighted by Crippen LogP contribution is -2.44. The quantitative estimate of drug-likeness (QED) is 0.780. The Morgan fingerprint density at radius 1 is 1.19 bits per heavy atom. The molecule has 2 N–H and O–H groups in total. The number of amides is 2. The maximum absolute atomic E-state index is 12.3. The number of urea groups is 1. The highest BCUT2D eigenvalue weighted by Crippen LogP contribution is 2.23. The summed E-state index contributed by atoms with van der Waals surface area (Å²) in [5, 5.41) is 5.80. The molecule has 0 radical (unpaired) electrons. The second-order valence-corrected chi connectivity index (χ2v) is 6.40. The predicted octanol–water partition coefficient (Wildman–Crippen LogP) is 3.18. The standard InChI is InChI=1S/C20H27N3O4/c1-3-26-17-7-5-16(6-8-17)22-20(24)21-14-18(19-9-4-15(2)27-19)23-10-12-25-13-11-23/h4-9,18H,3,10-14H2,1-2H3,(H2,21,22,24). The van der Waals surface area contributed by atoms with Gasteiger partial charge in [-0.3, -0.25) is 4.90 Å². The van der Waals surface area contributed by atoms with Crippen molar-refractivity contribution in [3.63, 3.8) is 0 Å². The third-order valence-electron chi connectivity index (χ3n) is 4.46. The molecule has 0 bridgehead atoms. The Kier molecular flexibility index (Phi) is 6.73. The lowest BCUT2D eigenvalue weighted by Gasteiger charge is -2.33. The van der Waals surface area contributed by atoms with Crippen LogP contribution in [0.1, 0.15) is 24.5 Å². The highest BCUT2D eigenvalue weighted by Gasteiger charge is 2.25. The molecule has 1 aromatic carbocycles. The number of carbonyl (C=O) groups is 1. The molecule has 0 spiro atoms. The van der Waals surface area contributed by atoms with Gasteiger partial charge in [0.15, 0.2) is 0 Å². The van der Waals surface area contributed by atoms with E-state index in [0.29, 0.717) is 32.1 Å². The molecule has 7 nitrogen and oxygen atoms in total. The van der Waals surface area contributed by atoms with Gasteiger partial charge in [-0.15, -0.1) is 0 Å². The van der Waals surface area contributed by atoms with Crippen LogP contribution < -0.4 is 15.4 Å². The second kappa shape index (κ2) is 9.43. The van der Waals surface area contributed by atoms with E-state index in [-0.39, 0.29) is 12.1 Å². The summed E-state index contributed by atoms with van der Waals surface area (Å²) in [4.78, 5) is 14.6. The molecule has 1 saturated heterocycles. The number of aryl methyl sites for hydroxylation is 1. The normalized spacial score (nSPS) is 15.9. The molecule has 3 rings (SSSR count). The summed E-state index contributed by atoms with van der Waals surface area (Å²) in [5.41, 5.74) is 0.715. The van der Waals surface area contributed by atoms with E-state index in [1.54, 1.807) is 0 Å². The molecular formula is C20H27N3O4. The van der Waals surface area contributed by atoms with E-state index < -0.39 is 0 Å². The number of rotatable bonds is 7. The summed E-state index contributed by atoms with van der Waals surface area (Å²) in [6.07, 6.45) is 0. The first-order valence-corrected chi connectivity index (χ1v) is 9.31. The number of hydrogen-bond acceptors (Lipinski definition) is 5. The van der Waals surface area contributed by atoms with Gasteiger partial charge in [0.25, 0.3) is 0 Å². The molecule has 7 heteroatoms. The lowest BCUT2D eigenvalue weighted by molar-refractivity contribution is 0.0122. The van der Waals surface area contributed by atoms with E-state index >= 15 is 0 Å². The van der Waals surface area contributed by atoms with Crippen molar-refractivity contribution < 1.29 is 18.7 Å². The van der Waals surface area contributed by atoms with Gasteiger partial charge < -0.3 is 24.5 Å². The second-order valence-electron chi connectivity index (χ2n) is 6.40. The molecule has 0 saturated carbocycles. The number of hydrogen-bond donors (Lipinski definition) is 2. The van der Waals surface area contributed by atoms with Crippen molar-refractivity contribution in [2.24, 2.45) is 0 Å². The van der Waals surface area contributed by atoms with Crippen molar-refractivity contribution in [3.05, 3.63) is 47.9 Å². The monoisotopic (exact) mass is 373 g/mol. The van der Waals surface area contributed by atoms with E-state index in [1.165, 1.54) is 0 Å². The summed E-state index contributed by atoms with van der Waals surface area (Å²) in [6, 6.07) is 11.0. The summed E-state index contributed by atoms with van der Waals surface area (Å²) >= 11 is 0. The molecule has 27 heavy (non-hydrogen) atoms. The minimum atomic E-state index is -0.249. The SMILES string of the molecule is CCOc1ccc(NC(=O)NCC(c2ccc(C)o2)N2CCOCC2)cc1. The summed E-state index contributed by atoms with van der Waals surface area (Å²) < 4.78 is 16.7. The Labute approximate surface area is 159 Å². The first-order chi connectivity index (χ1) is 13.2.